The smallest absolute Gasteiger partial charge is 0.0725 e. The number of nitrogens with two attached hydrogens (primary N) is 1. The second-order valence-corrected chi connectivity index (χ2v) is 4.38. The molecule has 1 unspecified atom stereocenters. The summed E-state index contributed by atoms with van der Waals surface area (Å²) in [4.78, 5) is 6.20. The van der Waals surface area contributed by atoms with E-state index >= 15 is 0 Å². The number of hydrogen-bond donors (Lipinski definition) is 2. The van der Waals surface area contributed by atoms with Gasteiger partial charge in [0.05, 0.1) is 6.04 Å². The van der Waals surface area contributed by atoms with Crippen LogP contribution in [0.1, 0.15) is 17.2 Å². The number of hydrazine groups is 1. The zero-order chi connectivity index (χ0) is 13.0. The predicted molar refractivity (Wildman–Crippen MR) is 74.2 cm³/mol. The van der Waals surface area contributed by atoms with Crippen molar-refractivity contribution in [3.05, 3.63) is 59.9 Å². The first-order valence-corrected chi connectivity index (χ1v) is 5.85. The van der Waals surface area contributed by atoms with E-state index in [4.69, 9.17) is 5.84 Å². The normalized spacial score (nSPS) is 12.2. The van der Waals surface area contributed by atoms with Crippen LogP contribution in [0.2, 0.25) is 0 Å². The zero-order valence-corrected chi connectivity index (χ0v) is 10.7. The molecular formula is C14H18N4. The van der Waals surface area contributed by atoms with Gasteiger partial charge in [-0.05, 0) is 29.3 Å². The maximum absolute atomic E-state index is 5.67. The van der Waals surface area contributed by atoms with Crippen LogP contribution in [0.25, 0.3) is 0 Å². The van der Waals surface area contributed by atoms with Gasteiger partial charge in [-0.3, -0.25) is 10.8 Å². The number of nitrogens with one attached hydrogen (secondary N) is 1. The van der Waals surface area contributed by atoms with Crippen molar-refractivity contribution in [2.24, 2.45) is 5.84 Å². The summed E-state index contributed by atoms with van der Waals surface area (Å²) in [5, 5.41) is 0. The minimum Gasteiger partial charge on any atom is -0.378 e. The summed E-state index contributed by atoms with van der Waals surface area (Å²) in [5.41, 5.74) is 6.17. The summed E-state index contributed by atoms with van der Waals surface area (Å²) in [6.45, 7) is 0. The summed E-state index contributed by atoms with van der Waals surface area (Å²) in [6.07, 6.45) is 3.58. The average molecular weight is 242 g/mol. The van der Waals surface area contributed by atoms with Crippen LogP contribution in [0.15, 0.2) is 48.8 Å². The summed E-state index contributed by atoms with van der Waals surface area (Å²) in [7, 11) is 4.04. The van der Waals surface area contributed by atoms with Crippen LogP contribution in [0.4, 0.5) is 5.69 Å². The molecule has 0 aliphatic carbocycles. The summed E-state index contributed by atoms with van der Waals surface area (Å²) < 4.78 is 0. The number of pyridine rings is 1. The molecule has 4 nitrogen and oxygen atoms in total. The van der Waals surface area contributed by atoms with E-state index in [1.807, 2.05) is 38.5 Å². The maximum atomic E-state index is 5.67. The third kappa shape index (κ3) is 2.67. The fourth-order valence-corrected chi connectivity index (χ4v) is 1.91. The first-order valence-electron chi connectivity index (χ1n) is 5.85. The first kappa shape index (κ1) is 12.5. The number of rotatable bonds is 4. The third-order valence-electron chi connectivity index (χ3n) is 2.90. The van der Waals surface area contributed by atoms with Crippen molar-refractivity contribution in [3.8, 4) is 0 Å². The molecule has 0 fully saturated rings. The molecule has 4 heteroatoms. The van der Waals surface area contributed by atoms with Crippen LogP contribution >= 0.6 is 0 Å². The second kappa shape index (κ2) is 5.62. The molecule has 1 aromatic carbocycles. The number of benzene rings is 1. The van der Waals surface area contributed by atoms with Crippen LogP contribution in [0, 0.1) is 0 Å². The molecule has 0 aliphatic heterocycles. The van der Waals surface area contributed by atoms with Gasteiger partial charge in [0.25, 0.3) is 0 Å². The van der Waals surface area contributed by atoms with Gasteiger partial charge >= 0.3 is 0 Å². The molecule has 94 valence electrons. The van der Waals surface area contributed by atoms with Crippen LogP contribution in [-0.4, -0.2) is 19.1 Å². The molecule has 0 spiro atoms. The Morgan fingerprint density at radius 2 is 1.94 bits per heavy atom. The van der Waals surface area contributed by atoms with E-state index in [9.17, 15) is 0 Å². The maximum Gasteiger partial charge on any atom is 0.0725 e. The molecule has 0 amide bonds. The van der Waals surface area contributed by atoms with E-state index in [2.05, 4.69) is 33.5 Å². The Balaban J connectivity index is 2.36. The van der Waals surface area contributed by atoms with Crippen molar-refractivity contribution >= 4 is 5.69 Å². The fourth-order valence-electron chi connectivity index (χ4n) is 1.91. The molecule has 2 rings (SSSR count). The molecule has 0 aliphatic rings. The Morgan fingerprint density at radius 3 is 2.56 bits per heavy atom. The molecular weight excluding hydrogens is 224 g/mol. The van der Waals surface area contributed by atoms with Crippen LogP contribution in [0.5, 0.6) is 0 Å². The predicted octanol–water partition coefficient (Wildman–Crippen LogP) is 1.70. The van der Waals surface area contributed by atoms with Gasteiger partial charge in [-0.2, -0.15) is 0 Å². The number of aromatic nitrogens is 1. The molecule has 0 radical (unpaired) electrons. The lowest BCUT2D eigenvalue weighted by Crippen LogP contribution is -2.29. The van der Waals surface area contributed by atoms with Crippen molar-refractivity contribution in [3.63, 3.8) is 0 Å². The highest BCUT2D eigenvalue weighted by atomic mass is 15.2. The van der Waals surface area contributed by atoms with Gasteiger partial charge in [-0.1, -0.05) is 18.2 Å². The van der Waals surface area contributed by atoms with Gasteiger partial charge in [0.15, 0.2) is 0 Å². The quantitative estimate of drug-likeness (QED) is 0.633. The lowest BCUT2D eigenvalue weighted by Gasteiger charge is -2.19. The van der Waals surface area contributed by atoms with Crippen molar-refractivity contribution in [2.75, 3.05) is 19.0 Å². The monoisotopic (exact) mass is 242 g/mol. The highest BCUT2D eigenvalue weighted by molar-refractivity contribution is 5.49. The van der Waals surface area contributed by atoms with Gasteiger partial charge in [0.1, 0.15) is 0 Å². The molecule has 3 N–H and O–H groups in total. The van der Waals surface area contributed by atoms with E-state index in [0.717, 1.165) is 16.8 Å². The topological polar surface area (TPSA) is 54.2 Å². The van der Waals surface area contributed by atoms with E-state index < -0.39 is 0 Å². The Kier molecular flexibility index (Phi) is 3.92. The van der Waals surface area contributed by atoms with Gasteiger partial charge in [-0.25, -0.2) is 5.43 Å². The molecule has 0 bridgehead atoms. The highest BCUT2D eigenvalue weighted by Crippen LogP contribution is 2.23. The lowest BCUT2D eigenvalue weighted by atomic mass is 10.0. The molecule has 0 saturated heterocycles. The van der Waals surface area contributed by atoms with Crippen LogP contribution < -0.4 is 16.2 Å². The largest absolute Gasteiger partial charge is 0.378 e. The van der Waals surface area contributed by atoms with E-state index in [-0.39, 0.29) is 6.04 Å². The van der Waals surface area contributed by atoms with E-state index in [0.29, 0.717) is 0 Å². The Morgan fingerprint density at radius 1 is 1.17 bits per heavy atom. The Labute approximate surface area is 107 Å². The average Bonchev–Trinajstić information content (AvgIpc) is 2.41. The van der Waals surface area contributed by atoms with Crippen molar-refractivity contribution in [1.29, 1.82) is 0 Å². The SMILES string of the molecule is CN(C)c1cccc(C(NN)c2cccnc2)c1. The number of anilines is 1. The molecule has 1 atom stereocenters. The molecule has 2 aromatic rings. The Bertz CT molecular complexity index is 496. The van der Waals surface area contributed by atoms with Gasteiger partial charge in [0.2, 0.25) is 0 Å². The summed E-state index contributed by atoms with van der Waals surface area (Å²) in [5.74, 6) is 5.67. The van der Waals surface area contributed by atoms with Gasteiger partial charge in [0, 0.05) is 32.2 Å². The molecule has 1 heterocycles. The van der Waals surface area contributed by atoms with Crippen molar-refractivity contribution in [1.82, 2.24) is 10.4 Å². The van der Waals surface area contributed by atoms with Crippen LogP contribution in [0.3, 0.4) is 0 Å². The van der Waals surface area contributed by atoms with E-state index in [1.165, 1.54) is 0 Å². The van der Waals surface area contributed by atoms with Crippen LogP contribution in [-0.2, 0) is 0 Å². The standard InChI is InChI=1S/C14H18N4/c1-18(2)13-7-3-5-11(9-13)14(17-15)12-6-4-8-16-10-12/h3-10,14,17H,15H2,1-2H3. The summed E-state index contributed by atoms with van der Waals surface area (Å²) >= 11 is 0. The lowest BCUT2D eigenvalue weighted by molar-refractivity contribution is 0.634. The first-order chi connectivity index (χ1) is 8.72. The van der Waals surface area contributed by atoms with E-state index in [1.54, 1.807) is 6.20 Å². The molecule has 1 aromatic heterocycles. The zero-order valence-electron chi connectivity index (χ0n) is 10.7. The fraction of sp³-hybridized carbons (Fsp3) is 0.214. The minimum absolute atomic E-state index is 0.0430. The van der Waals surface area contributed by atoms with Crippen molar-refractivity contribution < 1.29 is 0 Å². The highest BCUT2D eigenvalue weighted by Gasteiger charge is 2.12. The summed E-state index contributed by atoms with van der Waals surface area (Å²) in [6, 6.07) is 12.2. The van der Waals surface area contributed by atoms with Gasteiger partial charge in [-0.15, -0.1) is 0 Å². The molecule has 0 saturated carbocycles. The molecule has 18 heavy (non-hydrogen) atoms. The second-order valence-electron chi connectivity index (χ2n) is 4.38. The van der Waals surface area contributed by atoms with Gasteiger partial charge < -0.3 is 4.90 Å². The number of hydrogen-bond acceptors (Lipinski definition) is 4. The minimum atomic E-state index is -0.0430. The van der Waals surface area contributed by atoms with Crippen molar-refractivity contribution in [2.45, 2.75) is 6.04 Å². The number of nitrogens with zero attached hydrogens (tertiary/aromatic N) is 2. The third-order valence-corrected chi connectivity index (χ3v) is 2.90. The Hall–Kier alpha value is -1.91.